The number of thiocarbonyl (C=S) groups is 1. The minimum atomic E-state index is -0.484. The minimum absolute atomic E-state index is 0.337. The van der Waals surface area contributed by atoms with E-state index in [2.05, 4.69) is 5.32 Å². The zero-order valence-corrected chi connectivity index (χ0v) is 19.0. The van der Waals surface area contributed by atoms with Gasteiger partial charge in [0.1, 0.15) is 11.9 Å². The number of ether oxygens (including phenoxy) is 2. The lowest BCUT2D eigenvalue weighted by Gasteiger charge is -2.35. The Labute approximate surface area is 192 Å². The van der Waals surface area contributed by atoms with Crippen molar-refractivity contribution in [1.82, 2.24) is 10.2 Å². The Morgan fingerprint density at radius 3 is 2.62 bits per heavy atom. The van der Waals surface area contributed by atoms with Crippen molar-refractivity contribution in [3.8, 4) is 0 Å². The first-order chi connectivity index (χ1) is 15.5. The maximum atomic E-state index is 14.9. The summed E-state index contributed by atoms with van der Waals surface area (Å²) in [5.41, 5.74) is 0.913. The van der Waals surface area contributed by atoms with Crippen LogP contribution in [0.2, 0.25) is 0 Å². The molecule has 0 spiro atoms. The van der Waals surface area contributed by atoms with Gasteiger partial charge in [0, 0.05) is 32.1 Å². The van der Waals surface area contributed by atoms with Crippen LogP contribution >= 0.6 is 12.2 Å². The zero-order chi connectivity index (χ0) is 22.7. The summed E-state index contributed by atoms with van der Waals surface area (Å²) in [7, 11) is 1.35. The average molecular weight is 465 g/mol. The molecule has 2 amide bonds. The second-order valence-electron chi connectivity index (χ2n) is 8.42. The first-order valence-electron chi connectivity index (χ1n) is 11.1. The number of halogens is 1. The average Bonchev–Trinajstić information content (AvgIpc) is 3.47. The van der Waals surface area contributed by atoms with Gasteiger partial charge >= 0.3 is 12.2 Å². The molecule has 2 aliphatic heterocycles. The van der Waals surface area contributed by atoms with Crippen molar-refractivity contribution in [2.75, 3.05) is 56.2 Å². The van der Waals surface area contributed by atoms with Crippen LogP contribution in [0.3, 0.4) is 0 Å². The second-order valence-corrected chi connectivity index (χ2v) is 8.86. The van der Waals surface area contributed by atoms with Gasteiger partial charge in [0.15, 0.2) is 0 Å². The number of nitrogens with zero attached hydrogens (tertiary/aromatic N) is 3. The quantitative estimate of drug-likeness (QED) is 0.671. The predicted molar refractivity (Wildman–Crippen MR) is 123 cm³/mol. The molecule has 1 saturated carbocycles. The van der Waals surface area contributed by atoms with E-state index in [4.69, 9.17) is 21.7 Å². The van der Waals surface area contributed by atoms with Crippen LogP contribution in [0.15, 0.2) is 18.2 Å². The number of carbonyl (C=O) groups excluding carboxylic acids is 2. The molecule has 2 saturated heterocycles. The lowest BCUT2D eigenvalue weighted by atomic mass is 10.1. The Morgan fingerprint density at radius 1 is 1.25 bits per heavy atom. The minimum Gasteiger partial charge on any atom is -0.453 e. The summed E-state index contributed by atoms with van der Waals surface area (Å²) in [4.78, 5) is 29.8. The second kappa shape index (κ2) is 9.89. The van der Waals surface area contributed by atoms with Crippen molar-refractivity contribution in [2.45, 2.75) is 31.8 Å². The van der Waals surface area contributed by atoms with Gasteiger partial charge in [-0.2, -0.15) is 0 Å². The van der Waals surface area contributed by atoms with Crippen molar-refractivity contribution < 1.29 is 23.5 Å². The van der Waals surface area contributed by atoms with Crippen LogP contribution in [0, 0.1) is 11.7 Å². The molecule has 0 radical (unpaired) electrons. The van der Waals surface area contributed by atoms with Gasteiger partial charge in [-0.3, -0.25) is 4.90 Å². The summed E-state index contributed by atoms with van der Waals surface area (Å²) < 4.78 is 25.1. The molecule has 32 heavy (non-hydrogen) atoms. The van der Waals surface area contributed by atoms with Gasteiger partial charge in [-0.25, -0.2) is 14.0 Å². The van der Waals surface area contributed by atoms with E-state index in [0.29, 0.717) is 56.6 Å². The highest BCUT2D eigenvalue weighted by Crippen LogP contribution is 2.29. The Hall–Kier alpha value is -2.62. The van der Waals surface area contributed by atoms with Gasteiger partial charge in [-0.15, -0.1) is 0 Å². The number of benzene rings is 1. The van der Waals surface area contributed by atoms with Gasteiger partial charge in [-0.1, -0.05) is 25.1 Å². The monoisotopic (exact) mass is 464 g/mol. The molecule has 174 valence electrons. The standard InChI is InChI=1S/C22H29FN4O4S/c1-30-21(28)26-10-8-25(9-11-26)19-7-6-16(12-18(19)23)27-14-17(31-22(27)29)13-24-20(32)15-4-2-3-5-15/h6-7,12,15,17H,2-5,8-11,13-14H2,1H3,(H,24,32). The Kier molecular flexibility index (Phi) is 6.98. The molecular formula is C22H29FN4O4S. The number of cyclic esters (lactones) is 1. The van der Waals surface area contributed by atoms with Crippen LogP contribution in [0.1, 0.15) is 25.7 Å². The van der Waals surface area contributed by atoms with Crippen molar-refractivity contribution in [2.24, 2.45) is 5.92 Å². The zero-order valence-electron chi connectivity index (χ0n) is 18.2. The van der Waals surface area contributed by atoms with Crippen molar-refractivity contribution in [1.29, 1.82) is 0 Å². The molecular weight excluding hydrogens is 435 g/mol. The van der Waals surface area contributed by atoms with Crippen LogP contribution in [0.4, 0.5) is 25.4 Å². The third-order valence-corrected chi connectivity index (χ3v) is 6.88. The normalized spacial score (nSPS) is 21.6. The van der Waals surface area contributed by atoms with E-state index in [1.807, 2.05) is 4.90 Å². The SMILES string of the molecule is COC(=O)N1CCN(c2ccc(N3CC(CNC(=S)C4CCCC4)OC3=O)cc2F)CC1. The maximum absolute atomic E-state index is 14.9. The van der Waals surface area contributed by atoms with E-state index in [1.54, 1.807) is 17.0 Å². The van der Waals surface area contributed by atoms with E-state index in [9.17, 15) is 14.0 Å². The molecule has 1 aromatic carbocycles. The van der Waals surface area contributed by atoms with Crippen LogP contribution in [-0.2, 0) is 9.47 Å². The number of piperazine rings is 1. The fraction of sp³-hybridized carbons (Fsp3) is 0.591. The van der Waals surface area contributed by atoms with Gasteiger partial charge in [-0.05, 0) is 31.0 Å². The third-order valence-electron chi connectivity index (χ3n) is 6.40. The highest BCUT2D eigenvalue weighted by molar-refractivity contribution is 7.80. The molecule has 1 unspecified atom stereocenters. The number of methoxy groups -OCH3 is 1. The predicted octanol–water partition coefficient (Wildman–Crippen LogP) is 3.15. The summed E-state index contributed by atoms with van der Waals surface area (Å²) in [5.74, 6) is 0.0140. The molecule has 1 aromatic rings. The first-order valence-corrected chi connectivity index (χ1v) is 11.5. The number of carbonyl (C=O) groups is 2. The number of anilines is 2. The van der Waals surface area contributed by atoms with Crippen molar-refractivity contribution >= 4 is 40.8 Å². The number of hydrogen-bond donors (Lipinski definition) is 1. The lowest BCUT2D eigenvalue weighted by molar-refractivity contribution is 0.121. The number of amides is 2. The Balaban J connectivity index is 1.33. The first kappa shape index (κ1) is 22.6. The highest BCUT2D eigenvalue weighted by Gasteiger charge is 2.33. The third kappa shape index (κ3) is 4.90. The van der Waals surface area contributed by atoms with Crippen LogP contribution in [0.5, 0.6) is 0 Å². The fourth-order valence-corrected chi connectivity index (χ4v) is 4.88. The summed E-state index contributed by atoms with van der Waals surface area (Å²) >= 11 is 5.47. The van der Waals surface area contributed by atoms with Crippen LogP contribution in [0.25, 0.3) is 0 Å². The summed E-state index contributed by atoms with van der Waals surface area (Å²) in [6, 6.07) is 4.76. The van der Waals surface area contributed by atoms with E-state index < -0.39 is 11.9 Å². The maximum Gasteiger partial charge on any atom is 0.414 e. The van der Waals surface area contributed by atoms with E-state index in [-0.39, 0.29) is 12.2 Å². The molecule has 1 atom stereocenters. The number of rotatable bonds is 5. The molecule has 0 bridgehead atoms. The Morgan fingerprint density at radius 2 is 1.97 bits per heavy atom. The number of hydrogen-bond acceptors (Lipinski definition) is 6. The highest BCUT2D eigenvalue weighted by atomic mass is 32.1. The van der Waals surface area contributed by atoms with Gasteiger partial charge in [0.05, 0.1) is 36.6 Å². The molecule has 3 fully saturated rings. The summed E-state index contributed by atoms with van der Waals surface area (Å²) in [5, 5.41) is 3.25. The Bertz CT molecular complexity index is 871. The molecule has 3 aliphatic rings. The smallest absolute Gasteiger partial charge is 0.414 e. The van der Waals surface area contributed by atoms with Gasteiger partial charge in [0.25, 0.3) is 0 Å². The topological polar surface area (TPSA) is 74.3 Å². The largest absolute Gasteiger partial charge is 0.453 e. The van der Waals surface area contributed by atoms with Crippen molar-refractivity contribution in [3.05, 3.63) is 24.0 Å². The fourth-order valence-electron chi connectivity index (χ4n) is 4.56. The summed E-state index contributed by atoms with van der Waals surface area (Å²) in [6.07, 6.45) is 3.46. The van der Waals surface area contributed by atoms with Crippen LogP contribution < -0.4 is 15.1 Å². The van der Waals surface area contributed by atoms with Gasteiger partial charge in [0.2, 0.25) is 0 Å². The molecule has 10 heteroatoms. The molecule has 2 heterocycles. The van der Waals surface area contributed by atoms with Gasteiger partial charge < -0.3 is 24.6 Å². The lowest BCUT2D eigenvalue weighted by Crippen LogP contribution is -2.49. The molecule has 1 N–H and O–H groups in total. The molecule has 4 rings (SSSR count). The number of nitrogens with one attached hydrogen (secondary N) is 1. The van der Waals surface area contributed by atoms with E-state index in [0.717, 1.165) is 17.8 Å². The van der Waals surface area contributed by atoms with Crippen molar-refractivity contribution in [3.63, 3.8) is 0 Å². The van der Waals surface area contributed by atoms with Crippen LogP contribution in [-0.4, -0.2) is 74.6 Å². The summed E-state index contributed by atoms with van der Waals surface area (Å²) in [6.45, 7) is 2.74. The van der Waals surface area contributed by atoms with E-state index >= 15 is 0 Å². The molecule has 1 aliphatic carbocycles. The van der Waals surface area contributed by atoms with E-state index in [1.165, 1.54) is 30.9 Å². The molecule has 0 aromatic heterocycles. The molecule has 8 nitrogen and oxygen atoms in total.